The van der Waals surface area contributed by atoms with Crippen LogP contribution in [-0.2, 0) is 11.3 Å². The first-order valence-electron chi connectivity index (χ1n) is 8.48. The van der Waals surface area contributed by atoms with E-state index in [4.69, 9.17) is 4.74 Å². The molecule has 1 fully saturated rings. The molecular formula is C20H21N3O2S. The molecule has 0 aliphatic carbocycles. The topological polar surface area (TPSA) is 54.3 Å². The minimum absolute atomic E-state index is 0.0892. The van der Waals surface area contributed by atoms with Gasteiger partial charge >= 0.3 is 0 Å². The lowest BCUT2D eigenvalue weighted by Gasteiger charge is -2.15. The summed E-state index contributed by atoms with van der Waals surface area (Å²) in [7, 11) is 1.63. The summed E-state index contributed by atoms with van der Waals surface area (Å²) in [6, 6.07) is 17.5. The van der Waals surface area contributed by atoms with Gasteiger partial charge in [-0.05, 0) is 41.8 Å². The average molecular weight is 367 g/mol. The molecule has 134 valence electrons. The van der Waals surface area contributed by atoms with Gasteiger partial charge in [-0.3, -0.25) is 9.69 Å². The lowest BCUT2D eigenvalue weighted by Crippen LogP contribution is -2.31. The fraction of sp³-hybridized carbons (Fsp3) is 0.250. The van der Waals surface area contributed by atoms with E-state index in [1.54, 1.807) is 18.2 Å². The number of amides is 1. The molecule has 1 saturated heterocycles. The zero-order valence-corrected chi connectivity index (χ0v) is 15.6. The summed E-state index contributed by atoms with van der Waals surface area (Å²) < 4.78 is 5.14. The van der Waals surface area contributed by atoms with Crippen molar-refractivity contribution in [1.82, 2.24) is 4.90 Å². The Hall–Kier alpha value is -2.60. The predicted molar refractivity (Wildman–Crippen MR) is 107 cm³/mol. The van der Waals surface area contributed by atoms with Gasteiger partial charge in [0.2, 0.25) is 5.91 Å². The highest BCUT2D eigenvalue weighted by Gasteiger charge is 2.36. The van der Waals surface area contributed by atoms with Gasteiger partial charge in [-0.15, -0.1) is 5.10 Å². The SMILES string of the molecule is CCC1SC(=NN=Cc2ccc(OC)cc2)N(Cc2ccccc2)C1=O. The Morgan fingerprint density at radius 1 is 1.15 bits per heavy atom. The highest BCUT2D eigenvalue weighted by Crippen LogP contribution is 2.30. The second kappa shape index (κ2) is 8.67. The van der Waals surface area contributed by atoms with E-state index in [9.17, 15) is 4.79 Å². The highest BCUT2D eigenvalue weighted by atomic mass is 32.2. The first-order chi connectivity index (χ1) is 12.7. The first-order valence-corrected chi connectivity index (χ1v) is 9.36. The lowest BCUT2D eigenvalue weighted by atomic mass is 10.2. The minimum Gasteiger partial charge on any atom is -0.497 e. The van der Waals surface area contributed by atoms with Crippen LogP contribution >= 0.6 is 11.8 Å². The van der Waals surface area contributed by atoms with Crippen LogP contribution in [-0.4, -0.2) is 34.5 Å². The summed E-state index contributed by atoms with van der Waals surface area (Å²) in [5.41, 5.74) is 2.00. The third-order valence-electron chi connectivity index (χ3n) is 4.04. The molecule has 1 amide bonds. The Bertz CT molecular complexity index is 804. The summed E-state index contributed by atoms with van der Waals surface area (Å²) in [5.74, 6) is 0.894. The third kappa shape index (κ3) is 4.32. The number of thioether (sulfide) groups is 1. The van der Waals surface area contributed by atoms with Crippen LogP contribution in [0.2, 0.25) is 0 Å². The second-order valence-corrected chi connectivity index (χ2v) is 6.99. The van der Waals surface area contributed by atoms with Crippen LogP contribution < -0.4 is 4.74 Å². The van der Waals surface area contributed by atoms with E-state index in [2.05, 4.69) is 10.2 Å². The van der Waals surface area contributed by atoms with E-state index in [0.717, 1.165) is 23.3 Å². The van der Waals surface area contributed by atoms with Crippen LogP contribution in [0, 0.1) is 0 Å². The van der Waals surface area contributed by atoms with Crippen LogP contribution in [0.25, 0.3) is 0 Å². The van der Waals surface area contributed by atoms with Gasteiger partial charge in [-0.2, -0.15) is 5.10 Å². The molecule has 0 bridgehead atoms. The largest absolute Gasteiger partial charge is 0.497 e. The van der Waals surface area contributed by atoms with Gasteiger partial charge in [0.05, 0.1) is 25.1 Å². The molecule has 3 rings (SSSR count). The number of rotatable bonds is 6. The van der Waals surface area contributed by atoms with Gasteiger partial charge in [0.1, 0.15) is 5.75 Å². The zero-order valence-electron chi connectivity index (χ0n) is 14.8. The number of amidine groups is 1. The lowest BCUT2D eigenvalue weighted by molar-refractivity contribution is -0.126. The van der Waals surface area contributed by atoms with Crippen molar-refractivity contribution in [2.24, 2.45) is 10.2 Å². The molecule has 0 spiro atoms. The molecule has 5 nitrogen and oxygen atoms in total. The molecule has 0 N–H and O–H groups in total. The molecule has 1 heterocycles. The fourth-order valence-corrected chi connectivity index (χ4v) is 3.62. The standard InChI is InChI=1S/C20H21N3O2S/c1-3-18-19(24)23(14-16-7-5-4-6-8-16)20(26-18)22-21-13-15-9-11-17(25-2)12-10-15/h4-13,18H,3,14H2,1-2H3. The van der Waals surface area contributed by atoms with E-state index < -0.39 is 0 Å². The van der Waals surface area contributed by atoms with Crippen molar-refractivity contribution in [2.75, 3.05) is 7.11 Å². The van der Waals surface area contributed by atoms with Crippen LogP contribution in [0.4, 0.5) is 0 Å². The second-order valence-electron chi connectivity index (χ2n) is 5.83. The van der Waals surface area contributed by atoms with Gasteiger partial charge in [-0.1, -0.05) is 49.0 Å². The molecule has 0 aromatic heterocycles. The number of carbonyl (C=O) groups is 1. The number of hydrogen-bond donors (Lipinski definition) is 0. The number of nitrogens with zero attached hydrogens (tertiary/aromatic N) is 3. The number of benzene rings is 2. The molecule has 0 radical (unpaired) electrons. The Morgan fingerprint density at radius 2 is 1.88 bits per heavy atom. The van der Waals surface area contributed by atoms with Gasteiger partial charge in [0.15, 0.2) is 5.17 Å². The van der Waals surface area contributed by atoms with Crippen molar-refractivity contribution in [3.63, 3.8) is 0 Å². The van der Waals surface area contributed by atoms with Gasteiger partial charge in [0.25, 0.3) is 0 Å². The number of ether oxygens (including phenoxy) is 1. The van der Waals surface area contributed by atoms with E-state index in [1.807, 2.05) is 61.5 Å². The van der Waals surface area contributed by atoms with Crippen LogP contribution in [0.15, 0.2) is 64.8 Å². The molecule has 26 heavy (non-hydrogen) atoms. The summed E-state index contributed by atoms with van der Waals surface area (Å²) in [6.45, 7) is 2.53. The number of carbonyl (C=O) groups excluding carboxylic acids is 1. The number of methoxy groups -OCH3 is 1. The van der Waals surface area contributed by atoms with Crippen molar-refractivity contribution in [2.45, 2.75) is 25.1 Å². The summed E-state index contributed by atoms with van der Waals surface area (Å²) in [5, 5.41) is 9.05. The smallest absolute Gasteiger partial charge is 0.242 e. The Labute approximate surface area is 157 Å². The van der Waals surface area contributed by atoms with Crippen molar-refractivity contribution in [3.8, 4) is 5.75 Å². The van der Waals surface area contributed by atoms with Crippen LogP contribution in [0.5, 0.6) is 5.75 Å². The predicted octanol–water partition coefficient (Wildman–Crippen LogP) is 3.94. The Morgan fingerprint density at radius 3 is 2.54 bits per heavy atom. The number of hydrogen-bond acceptors (Lipinski definition) is 5. The molecule has 6 heteroatoms. The molecule has 2 aromatic rings. The molecular weight excluding hydrogens is 346 g/mol. The van der Waals surface area contributed by atoms with Crippen LogP contribution in [0.1, 0.15) is 24.5 Å². The maximum absolute atomic E-state index is 12.6. The normalized spacial score (nSPS) is 18.8. The molecule has 1 aliphatic rings. The minimum atomic E-state index is -0.0892. The maximum Gasteiger partial charge on any atom is 0.242 e. The summed E-state index contributed by atoms with van der Waals surface area (Å²) in [6.07, 6.45) is 2.45. The van der Waals surface area contributed by atoms with Gasteiger partial charge in [0, 0.05) is 0 Å². The Kier molecular flexibility index (Phi) is 6.07. The molecule has 1 atom stereocenters. The molecule has 1 aliphatic heterocycles. The van der Waals surface area contributed by atoms with E-state index in [0.29, 0.717) is 11.7 Å². The first kappa shape index (κ1) is 18.2. The molecule has 0 saturated carbocycles. The van der Waals surface area contributed by atoms with Crippen molar-refractivity contribution in [1.29, 1.82) is 0 Å². The quantitative estimate of drug-likeness (QED) is 0.574. The fourth-order valence-electron chi connectivity index (χ4n) is 2.59. The van der Waals surface area contributed by atoms with Gasteiger partial charge < -0.3 is 4.74 Å². The highest BCUT2D eigenvalue weighted by molar-refractivity contribution is 8.15. The molecule has 1 unspecified atom stereocenters. The van der Waals surface area contributed by atoms with Crippen molar-refractivity contribution >= 4 is 29.1 Å². The third-order valence-corrected chi connectivity index (χ3v) is 5.37. The Balaban J connectivity index is 1.76. The summed E-state index contributed by atoms with van der Waals surface area (Å²) in [4.78, 5) is 14.3. The van der Waals surface area contributed by atoms with E-state index >= 15 is 0 Å². The summed E-state index contributed by atoms with van der Waals surface area (Å²) >= 11 is 1.48. The maximum atomic E-state index is 12.6. The van der Waals surface area contributed by atoms with E-state index in [-0.39, 0.29) is 11.2 Å². The van der Waals surface area contributed by atoms with Crippen molar-refractivity contribution < 1.29 is 9.53 Å². The zero-order chi connectivity index (χ0) is 18.4. The van der Waals surface area contributed by atoms with Gasteiger partial charge in [-0.25, -0.2) is 0 Å². The monoisotopic (exact) mass is 367 g/mol. The van der Waals surface area contributed by atoms with E-state index in [1.165, 1.54) is 11.8 Å². The van der Waals surface area contributed by atoms with Crippen molar-refractivity contribution in [3.05, 3.63) is 65.7 Å². The average Bonchev–Trinajstić information content (AvgIpc) is 2.98. The van der Waals surface area contributed by atoms with Crippen LogP contribution in [0.3, 0.4) is 0 Å². The molecule has 2 aromatic carbocycles.